The molecular weight excluding hydrogens is 297 g/mol. The molecule has 0 amide bonds. The van der Waals surface area contributed by atoms with Crippen molar-refractivity contribution < 1.29 is 8.91 Å². The Balaban J connectivity index is 1.75. The minimum Gasteiger partial charge on any atom is -0.334 e. The van der Waals surface area contributed by atoms with Crippen LogP contribution in [0.15, 0.2) is 47.1 Å². The maximum absolute atomic E-state index is 13.0. The molecular formula is C16H12FN5O. The normalized spacial score (nSPS) is 11.2. The Hall–Kier alpha value is -3.09. The number of halogens is 1. The van der Waals surface area contributed by atoms with Crippen LogP contribution in [0.2, 0.25) is 0 Å². The molecule has 4 aromatic rings. The van der Waals surface area contributed by atoms with E-state index in [1.165, 1.54) is 12.1 Å². The van der Waals surface area contributed by atoms with Crippen molar-refractivity contribution in [3.05, 3.63) is 54.2 Å². The molecule has 23 heavy (non-hydrogen) atoms. The highest BCUT2D eigenvalue weighted by Crippen LogP contribution is 2.23. The fraction of sp³-hybridized carbons (Fsp3) is 0.125. The number of aromatic nitrogens is 5. The highest BCUT2D eigenvalue weighted by atomic mass is 19.1. The third kappa shape index (κ3) is 2.36. The maximum atomic E-state index is 13.0. The number of hydrogen-bond donors (Lipinski definition) is 0. The number of benzene rings is 1. The number of aryl methyl sites for hydroxylation is 1. The topological polar surface area (TPSA) is 69.1 Å². The summed E-state index contributed by atoms with van der Waals surface area (Å²) in [6.07, 6.45) is 2.66. The van der Waals surface area contributed by atoms with E-state index in [0.717, 1.165) is 23.5 Å². The molecule has 1 aromatic carbocycles. The Kier molecular flexibility index (Phi) is 3.11. The van der Waals surface area contributed by atoms with Crippen LogP contribution in [0.5, 0.6) is 0 Å². The highest BCUT2D eigenvalue weighted by molar-refractivity contribution is 5.61. The first-order valence-corrected chi connectivity index (χ1v) is 7.18. The van der Waals surface area contributed by atoms with Crippen molar-refractivity contribution in [1.82, 2.24) is 24.7 Å². The average Bonchev–Trinajstić information content (AvgIpc) is 3.21. The monoisotopic (exact) mass is 309 g/mol. The zero-order valence-corrected chi connectivity index (χ0v) is 12.3. The molecule has 0 aliphatic rings. The standard InChI is InChI=1S/C16H12FN5O/c1-2-13-19-20-14-8-5-11(9-22(13)14)15-18-16(23-21-15)10-3-6-12(17)7-4-10/h3-9H,2H2,1H3. The molecule has 0 aliphatic heterocycles. The van der Waals surface area contributed by atoms with Gasteiger partial charge in [0, 0.05) is 23.7 Å². The van der Waals surface area contributed by atoms with Crippen LogP contribution in [-0.2, 0) is 6.42 Å². The molecule has 0 unspecified atom stereocenters. The molecule has 0 spiro atoms. The average molecular weight is 309 g/mol. The summed E-state index contributed by atoms with van der Waals surface area (Å²) >= 11 is 0. The lowest BCUT2D eigenvalue weighted by molar-refractivity contribution is 0.432. The third-order valence-corrected chi connectivity index (χ3v) is 3.56. The molecule has 7 heteroatoms. The Morgan fingerprint density at radius 3 is 2.61 bits per heavy atom. The second kappa shape index (κ2) is 5.28. The van der Waals surface area contributed by atoms with Crippen molar-refractivity contribution in [2.75, 3.05) is 0 Å². The Labute approximate surface area is 130 Å². The fourth-order valence-electron chi connectivity index (χ4n) is 2.36. The Morgan fingerprint density at radius 2 is 1.83 bits per heavy atom. The number of rotatable bonds is 3. The number of fused-ring (bicyclic) bond motifs is 1. The van der Waals surface area contributed by atoms with Crippen LogP contribution in [0.4, 0.5) is 4.39 Å². The van der Waals surface area contributed by atoms with Crippen LogP contribution in [0.25, 0.3) is 28.5 Å². The molecule has 0 aliphatic carbocycles. The van der Waals surface area contributed by atoms with E-state index in [1.54, 1.807) is 12.1 Å². The number of nitrogens with zero attached hydrogens (tertiary/aromatic N) is 5. The van der Waals surface area contributed by atoms with Gasteiger partial charge in [0.2, 0.25) is 5.82 Å². The van der Waals surface area contributed by atoms with Crippen LogP contribution in [0, 0.1) is 5.82 Å². The van der Waals surface area contributed by atoms with Gasteiger partial charge in [0.05, 0.1) is 0 Å². The minimum absolute atomic E-state index is 0.307. The maximum Gasteiger partial charge on any atom is 0.258 e. The molecule has 114 valence electrons. The van der Waals surface area contributed by atoms with Gasteiger partial charge in [-0.3, -0.25) is 4.40 Å². The summed E-state index contributed by atoms with van der Waals surface area (Å²) < 4.78 is 20.2. The van der Waals surface area contributed by atoms with Crippen molar-refractivity contribution >= 4 is 5.65 Å². The van der Waals surface area contributed by atoms with Gasteiger partial charge in [-0.15, -0.1) is 10.2 Å². The minimum atomic E-state index is -0.307. The van der Waals surface area contributed by atoms with Gasteiger partial charge in [0.1, 0.15) is 11.6 Å². The summed E-state index contributed by atoms with van der Waals surface area (Å²) in [6, 6.07) is 9.64. The zero-order valence-electron chi connectivity index (χ0n) is 12.3. The summed E-state index contributed by atoms with van der Waals surface area (Å²) in [5, 5.41) is 12.2. The predicted molar refractivity (Wildman–Crippen MR) is 81.1 cm³/mol. The molecule has 0 atom stereocenters. The lowest BCUT2D eigenvalue weighted by Crippen LogP contribution is -1.93. The van der Waals surface area contributed by atoms with Crippen molar-refractivity contribution in [2.24, 2.45) is 0 Å². The quantitative estimate of drug-likeness (QED) is 0.581. The van der Waals surface area contributed by atoms with E-state index in [1.807, 2.05) is 29.7 Å². The van der Waals surface area contributed by atoms with Crippen LogP contribution in [-0.4, -0.2) is 24.7 Å². The zero-order chi connectivity index (χ0) is 15.8. The van der Waals surface area contributed by atoms with Crippen molar-refractivity contribution in [3.8, 4) is 22.8 Å². The summed E-state index contributed by atoms with van der Waals surface area (Å²) in [7, 11) is 0. The molecule has 6 nitrogen and oxygen atoms in total. The van der Waals surface area contributed by atoms with Gasteiger partial charge in [-0.05, 0) is 36.4 Å². The van der Waals surface area contributed by atoms with Crippen molar-refractivity contribution in [1.29, 1.82) is 0 Å². The molecule has 0 N–H and O–H groups in total. The lowest BCUT2D eigenvalue weighted by atomic mass is 10.2. The smallest absolute Gasteiger partial charge is 0.258 e. The molecule has 0 bridgehead atoms. The van der Waals surface area contributed by atoms with Gasteiger partial charge in [0.25, 0.3) is 5.89 Å². The van der Waals surface area contributed by atoms with Gasteiger partial charge in [-0.25, -0.2) is 4.39 Å². The fourth-order valence-corrected chi connectivity index (χ4v) is 2.36. The summed E-state index contributed by atoms with van der Waals surface area (Å²) in [4.78, 5) is 4.37. The van der Waals surface area contributed by atoms with Gasteiger partial charge >= 0.3 is 0 Å². The Bertz CT molecular complexity index is 974. The molecule has 0 radical (unpaired) electrons. The van der Waals surface area contributed by atoms with Crippen LogP contribution < -0.4 is 0 Å². The van der Waals surface area contributed by atoms with Crippen LogP contribution in [0.1, 0.15) is 12.7 Å². The molecule has 3 heterocycles. The lowest BCUT2D eigenvalue weighted by Gasteiger charge is -1.99. The van der Waals surface area contributed by atoms with Crippen LogP contribution in [0.3, 0.4) is 0 Å². The van der Waals surface area contributed by atoms with E-state index in [4.69, 9.17) is 4.52 Å². The van der Waals surface area contributed by atoms with Crippen molar-refractivity contribution in [2.45, 2.75) is 13.3 Å². The molecule has 0 fully saturated rings. The summed E-state index contributed by atoms with van der Waals surface area (Å²) in [5.74, 6) is 1.37. The molecule has 0 saturated heterocycles. The van der Waals surface area contributed by atoms with E-state index < -0.39 is 0 Å². The van der Waals surface area contributed by atoms with E-state index in [2.05, 4.69) is 20.3 Å². The van der Waals surface area contributed by atoms with Gasteiger partial charge < -0.3 is 4.52 Å². The summed E-state index contributed by atoms with van der Waals surface area (Å²) in [5.41, 5.74) is 2.24. The first-order valence-electron chi connectivity index (χ1n) is 7.18. The molecule has 3 aromatic heterocycles. The van der Waals surface area contributed by atoms with Crippen molar-refractivity contribution in [3.63, 3.8) is 0 Å². The summed E-state index contributed by atoms with van der Waals surface area (Å²) in [6.45, 7) is 2.02. The van der Waals surface area contributed by atoms with Gasteiger partial charge in [-0.1, -0.05) is 12.1 Å². The number of pyridine rings is 1. The second-order valence-corrected chi connectivity index (χ2v) is 5.05. The first-order chi connectivity index (χ1) is 11.2. The van der Waals surface area contributed by atoms with Gasteiger partial charge in [0.15, 0.2) is 5.65 Å². The highest BCUT2D eigenvalue weighted by Gasteiger charge is 2.12. The second-order valence-electron chi connectivity index (χ2n) is 5.05. The van der Waals surface area contributed by atoms with Gasteiger partial charge in [-0.2, -0.15) is 4.98 Å². The van der Waals surface area contributed by atoms with E-state index in [-0.39, 0.29) is 5.82 Å². The SMILES string of the molecule is CCc1nnc2ccc(-c3noc(-c4ccc(F)cc4)n3)cn12. The van der Waals surface area contributed by atoms with Crippen LogP contribution >= 0.6 is 0 Å². The third-order valence-electron chi connectivity index (χ3n) is 3.56. The molecule has 0 saturated carbocycles. The molecule has 4 rings (SSSR count). The Morgan fingerprint density at radius 1 is 1.04 bits per heavy atom. The largest absolute Gasteiger partial charge is 0.334 e. The van der Waals surface area contributed by atoms with E-state index >= 15 is 0 Å². The first kappa shape index (κ1) is 13.6. The predicted octanol–water partition coefficient (Wildman–Crippen LogP) is 3.15. The number of hydrogen-bond acceptors (Lipinski definition) is 5. The van der Waals surface area contributed by atoms with E-state index in [9.17, 15) is 4.39 Å². The van der Waals surface area contributed by atoms with E-state index in [0.29, 0.717) is 17.3 Å².